The van der Waals surface area contributed by atoms with Gasteiger partial charge >= 0.3 is 0 Å². The van der Waals surface area contributed by atoms with E-state index >= 15 is 0 Å². The normalized spacial score (nSPS) is 11.3. The minimum absolute atomic E-state index is 0.0764. The summed E-state index contributed by atoms with van der Waals surface area (Å²) >= 11 is 3.51. The molecule has 0 fully saturated rings. The standard InChI is InChI=1S/C19H26BrN5O/c1-5-21-19(25(4)13-18-10-16(20)12-24(18)3)22-11-15-7-6-8-17(9-15)23-14(2)26/h6-10,12H,5,11,13H2,1-4H3,(H,21,22)(H,23,26). The number of nitrogens with zero attached hydrogens (tertiary/aromatic N) is 3. The van der Waals surface area contributed by atoms with Crippen LogP contribution in [0.1, 0.15) is 25.1 Å². The van der Waals surface area contributed by atoms with E-state index in [2.05, 4.69) is 49.0 Å². The number of hydrogen-bond acceptors (Lipinski definition) is 2. The molecule has 2 aromatic rings. The second-order valence-corrected chi connectivity index (χ2v) is 7.08. The fraction of sp³-hybridized carbons (Fsp3) is 0.368. The van der Waals surface area contributed by atoms with Crippen LogP contribution in [0.5, 0.6) is 0 Å². The smallest absolute Gasteiger partial charge is 0.221 e. The largest absolute Gasteiger partial charge is 0.357 e. The summed E-state index contributed by atoms with van der Waals surface area (Å²) in [6.07, 6.45) is 2.04. The maximum Gasteiger partial charge on any atom is 0.221 e. The average Bonchev–Trinajstić information content (AvgIpc) is 2.88. The molecule has 1 aromatic carbocycles. The first-order valence-electron chi connectivity index (χ1n) is 8.55. The summed E-state index contributed by atoms with van der Waals surface area (Å²) in [7, 11) is 4.06. The predicted molar refractivity (Wildman–Crippen MR) is 110 cm³/mol. The molecule has 0 unspecified atom stereocenters. The highest BCUT2D eigenvalue weighted by atomic mass is 79.9. The van der Waals surface area contributed by atoms with Gasteiger partial charge in [-0.3, -0.25) is 4.79 Å². The molecule has 6 nitrogen and oxygen atoms in total. The summed E-state index contributed by atoms with van der Waals surface area (Å²) in [4.78, 5) is 18.0. The number of aryl methyl sites for hydroxylation is 1. The van der Waals surface area contributed by atoms with Gasteiger partial charge < -0.3 is 20.1 Å². The van der Waals surface area contributed by atoms with E-state index in [1.807, 2.05) is 44.6 Å². The van der Waals surface area contributed by atoms with Crippen LogP contribution in [0.15, 0.2) is 46.0 Å². The van der Waals surface area contributed by atoms with Gasteiger partial charge in [0.1, 0.15) is 0 Å². The van der Waals surface area contributed by atoms with Crippen molar-refractivity contribution in [2.45, 2.75) is 26.9 Å². The number of guanidine groups is 1. The SMILES string of the molecule is CCNC(=NCc1cccc(NC(C)=O)c1)N(C)Cc1cc(Br)cn1C. The Labute approximate surface area is 163 Å². The predicted octanol–water partition coefficient (Wildman–Crippen LogP) is 3.34. The van der Waals surface area contributed by atoms with Crippen molar-refractivity contribution in [1.29, 1.82) is 0 Å². The van der Waals surface area contributed by atoms with E-state index in [1.165, 1.54) is 12.6 Å². The Morgan fingerprint density at radius 2 is 2.12 bits per heavy atom. The lowest BCUT2D eigenvalue weighted by atomic mass is 10.2. The molecule has 7 heteroatoms. The molecule has 0 aliphatic heterocycles. The molecule has 2 N–H and O–H groups in total. The number of aliphatic imine (C=N–C) groups is 1. The number of nitrogens with one attached hydrogen (secondary N) is 2. The van der Waals surface area contributed by atoms with Crippen LogP contribution < -0.4 is 10.6 Å². The van der Waals surface area contributed by atoms with Gasteiger partial charge in [0.05, 0.1) is 13.1 Å². The zero-order chi connectivity index (χ0) is 19.1. The highest BCUT2D eigenvalue weighted by Crippen LogP contribution is 2.15. The van der Waals surface area contributed by atoms with E-state index in [0.717, 1.165) is 34.8 Å². The van der Waals surface area contributed by atoms with Crippen molar-refractivity contribution < 1.29 is 4.79 Å². The molecule has 26 heavy (non-hydrogen) atoms. The Bertz CT molecular complexity index is 784. The summed E-state index contributed by atoms with van der Waals surface area (Å²) in [6, 6.07) is 9.86. The molecule has 0 aliphatic carbocycles. The Kier molecular flexibility index (Phi) is 7.26. The van der Waals surface area contributed by atoms with Gasteiger partial charge in [-0.05, 0) is 46.6 Å². The molecule has 0 radical (unpaired) electrons. The quantitative estimate of drug-likeness (QED) is 0.557. The zero-order valence-electron chi connectivity index (χ0n) is 15.7. The van der Waals surface area contributed by atoms with Crippen molar-refractivity contribution in [1.82, 2.24) is 14.8 Å². The van der Waals surface area contributed by atoms with Crippen molar-refractivity contribution in [3.05, 3.63) is 52.3 Å². The molecule has 0 aliphatic rings. The van der Waals surface area contributed by atoms with Gasteiger partial charge in [0, 0.05) is 49.6 Å². The zero-order valence-corrected chi connectivity index (χ0v) is 17.3. The van der Waals surface area contributed by atoms with Gasteiger partial charge in [-0.15, -0.1) is 0 Å². The van der Waals surface area contributed by atoms with Crippen molar-refractivity contribution in [2.75, 3.05) is 18.9 Å². The van der Waals surface area contributed by atoms with Gasteiger partial charge in [-0.2, -0.15) is 0 Å². The summed E-state index contributed by atoms with van der Waals surface area (Å²) in [6.45, 7) is 5.65. The third kappa shape index (κ3) is 5.91. The Hall–Kier alpha value is -2.28. The van der Waals surface area contributed by atoms with Crippen LogP contribution in [0.3, 0.4) is 0 Å². The molecule has 2 rings (SSSR count). The molecule has 0 atom stereocenters. The first kappa shape index (κ1) is 20.0. The lowest BCUT2D eigenvalue weighted by Gasteiger charge is -2.22. The maximum atomic E-state index is 11.2. The number of aromatic nitrogens is 1. The summed E-state index contributed by atoms with van der Waals surface area (Å²) < 4.78 is 3.17. The second-order valence-electron chi connectivity index (χ2n) is 6.17. The van der Waals surface area contributed by atoms with Crippen LogP contribution in [0.4, 0.5) is 5.69 Å². The number of carbonyl (C=O) groups excluding carboxylic acids is 1. The van der Waals surface area contributed by atoms with Crippen LogP contribution in [0.25, 0.3) is 0 Å². The Morgan fingerprint density at radius 1 is 1.35 bits per heavy atom. The van der Waals surface area contributed by atoms with E-state index in [-0.39, 0.29) is 5.91 Å². The summed E-state index contributed by atoms with van der Waals surface area (Å²) in [5.74, 6) is 0.766. The van der Waals surface area contributed by atoms with Crippen LogP contribution >= 0.6 is 15.9 Å². The second kappa shape index (κ2) is 9.43. The lowest BCUT2D eigenvalue weighted by Crippen LogP contribution is -2.38. The van der Waals surface area contributed by atoms with Crippen LogP contribution in [-0.2, 0) is 24.9 Å². The third-order valence-electron chi connectivity index (χ3n) is 3.83. The third-order valence-corrected chi connectivity index (χ3v) is 4.26. The Balaban J connectivity index is 2.10. The molecule has 0 saturated heterocycles. The Morgan fingerprint density at radius 3 is 2.73 bits per heavy atom. The molecule has 1 heterocycles. The van der Waals surface area contributed by atoms with E-state index in [0.29, 0.717) is 6.54 Å². The van der Waals surface area contributed by atoms with Crippen LogP contribution in [0, 0.1) is 0 Å². The van der Waals surface area contributed by atoms with Crippen molar-refractivity contribution in [3.8, 4) is 0 Å². The molecule has 1 amide bonds. The maximum absolute atomic E-state index is 11.2. The number of amides is 1. The van der Waals surface area contributed by atoms with Crippen molar-refractivity contribution in [3.63, 3.8) is 0 Å². The van der Waals surface area contributed by atoms with E-state index in [1.54, 1.807) is 0 Å². The van der Waals surface area contributed by atoms with Gasteiger partial charge in [-0.1, -0.05) is 12.1 Å². The first-order valence-corrected chi connectivity index (χ1v) is 9.35. The van der Waals surface area contributed by atoms with E-state index in [9.17, 15) is 4.79 Å². The number of hydrogen-bond donors (Lipinski definition) is 2. The number of halogens is 1. The van der Waals surface area contributed by atoms with E-state index in [4.69, 9.17) is 4.99 Å². The molecule has 0 bridgehead atoms. The molecule has 0 saturated carbocycles. The first-order chi connectivity index (χ1) is 12.4. The fourth-order valence-corrected chi connectivity index (χ4v) is 3.20. The minimum Gasteiger partial charge on any atom is -0.357 e. The molecule has 140 valence electrons. The molecular formula is C19H26BrN5O. The number of benzene rings is 1. The highest BCUT2D eigenvalue weighted by Gasteiger charge is 2.09. The van der Waals surface area contributed by atoms with Gasteiger partial charge in [-0.25, -0.2) is 4.99 Å². The van der Waals surface area contributed by atoms with Crippen LogP contribution in [0.2, 0.25) is 0 Å². The van der Waals surface area contributed by atoms with Gasteiger partial charge in [0.25, 0.3) is 0 Å². The van der Waals surface area contributed by atoms with E-state index < -0.39 is 0 Å². The number of anilines is 1. The highest BCUT2D eigenvalue weighted by molar-refractivity contribution is 9.10. The molecule has 0 spiro atoms. The summed E-state index contributed by atoms with van der Waals surface area (Å²) in [5.41, 5.74) is 3.02. The molecule has 1 aromatic heterocycles. The summed E-state index contributed by atoms with van der Waals surface area (Å²) in [5, 5.41) is 6.13. The van der Waals surface area contributed by atoms with Gasteiger partial charge in [0.2, 0.25) is 5.91 Å². The number of rotatable bonds is 6. The van der Waals surface area contributed by atoms with Crippen LogP contribution in [-0.4, -0.2) is 34.9 Å². The minimum atomic E-state index is -0.0764. The lowest BCUT2D eigenvalue weighted by molar-refractivity contribution is -0.114. The van der Waals surface area contributed by atoms with Crippen molar-refractivity contribution in [2.24, 2.45) is 12.0 Å². The molecular weight excluding hydrogens is 394 g/mol. The topological polar surface area (TPSA) is 61.7 Å². The van der Waals surface area contributed by atoms with Crippen molar-refractivity contribution >= 4 is 33.5 Å². The fourth-order valence-electron chi connectivity index (χ4n) is 2.63. The average molecular weight is 420 g/mol. The monoisotopic (exact) mass is 419 g/mol. The van der Waals surface area contributed by atoms with Gasteiger partial charge in [0.15, 0.2) is 5.96 Å². The number of carbonyl (C=O) groups is 1.